The van der Waals surface area contributed by atoms with Crippen LogP contribution in [0.4, 0.5) is 0 Å². The molecule has 1 aromatic carbocycles. The summed E-state index contributed by atoms with van der Waals surface area (Å²) in [6, 6.07) is 9.87. The van der Waals surface area contributed by atoms with E-state index in [-0.39, 0.29) is 5.92 Å². The Labute approximate surface area is 120 Å². The molecule has 0 saturated heterocycles. The first-order valence-electron chi connectivity index (χ1n) is 7.24. The van der Waals surface area contributed by atoms with Crippen LogP contribution in [0.5, 0.6) is 11.5 Å². The van der Waals surface area contributed by atoms with Gasteiger partial charge < -0.3 is 15.2 Å². The van der Waals surface area contributed by atoms with Gasteiger partial charge >= 0.3 is 0 Å². The van der Waals surface area contributed by atoms with E-state index in [1.807, 2.05) is 31.2 Å². The third kappa shape index (κ3) is 3.43. The van der Waals surface area contributed by atoms with Crippen LogP contribution in [0.15, 0.2) is 24.3 Å². The molecule has 1 aliphatic carbocycles. The smallest absolute Gasteiger partial charge is 0.119 e. The summed E-state index contributed by atoms with van der Waals surface area (Å²) in [6.07, 6.45) is 3.70. The van der Waals surface area contributed by atoms with Gasteiger partial charge in [-0.25, -0.2) is 0 Å². The minimum Gasteiger partial charge on any atom is -0.494 e. The third-order valence-corrected chi connectivity index (χ3v) is 3.95. The molecular weight excluding hydrogens is 252 g/mol. The summed E-state index contributed by atoms with van der Waals surface area (Å²) in [5, 5.41) is 9.16. The lowest BCUT2D eigenvalue weighted by molar-refractivity contribution is 0.254. The van der Waals surface area contributed by atoms with Crippen molar-refractivity contribution in [2.24, 2.45) is 11.7 Å². The number of hydrogen-bond acceptors (Lipinski definition) is 4. The van der Waals surface area contributed by atoms with Crippen LogP contribution < -0.4 is 15.2 Å². The molecule has 2 unspecified atom stereocenters. The Hall–Kier alpha value is -1.73. The zero-order chi connectivity index (χ0) is 14.4. The Morgan fingerprint density at radius 1 is 1.30 bits per heavy atom. The van der Waals surface area contributed by atoms with Crippen molar-refractivity contribution < 1.29 is 9.47 Å². The van der Waals surface area contributed by atoms with Crippen LogP contribution in [0.25, 0.3) is 0 Å². The van der Waals surface area contributed by atoms with Crippen molar-refractivity contribution in [3.05, 3.63) is 24.3 Å². The van der Waals surface area contributed by atoms with Gasteiger partial charge in [0.05, 0.1) is 19.3 Å². The number of nitrogens with two attached hydrogens (primary N) is 1. The fraction of sp³-hybridized carbons (Fsp3) is 0.562. The Bertz CT molecular complexity index is 466. The minimum atomic E-state index is -0.651. The second-order valence-corrected chi connectivity index (χ2v) is 5.28. The molecule has 0 aromatic heterocycles. The van der Waals surface area contributed by atoms with Crippen LogP contribution in [0.3, 0.4) is 0 Å². The summed E-state index contributed by atoms with van der Waals surface area (Å²) < 4.78 is 11.1. The van der Waals surface area contributed by atoms with Gasteiger partial charge in [-0.2, -0.15) is 5.26 Å². The number of nitrogens with zero attached hydrogens (tertiary/aromatic N) is 1. The molecule has 0 aliphatic heterocycles. The Morgan fingerprint density at radius 2 is 1.95 bits per heavy atom. The van der Waals surface area contributed by atoms with E-state index in [9.17, 15) is 0 Å². The molecule has 2 N–H and O–H groups in total. The molecule has 0 amide bonds. The highest BCUT2D eigenvalue weighted by Gasteiger charge is 2.39. The topological polar surface area (TPSA) is 68.3 Å². The van der Waals surface area contributed by atoms with E-state index in [4.69, 9.17) is 20.5 Å². The van der Waals surface area contributed by atoms with E-state index < -0.39 is 5.54 Å². The largest absolute Gasteiger partial charge is 0.494 e. The van der Waals surface area contributed by atoms with Crippen LogP contribution in [0, 0.1) is 17.2 Å². The Balaban J connectivity index is 1.80. The van der Waals surface area contributed by atoms with Gasteiger partial charge in [0.25, 0.3) is 0 Å². The van der Waals surface area contributed by atoms with E-state index in [1.54, 1.807) is 0 Å². The summed E-state index contributed by atoms with van der Waals surface area (Å²) in [5.41, 5.74) is 5.45. The fourth-order valence-electron chi connectivity index (χ4n) is 2.77. The lowest BCUT2D eigenvalue weighted by atomic mass is 9.87. The monoisotopic (exact) mass is 274 g/mol. The summed E-state index contributed by atoms with van der Waals surface area (Å²) in [4.78, 5) is 0. The maximum absolute atomic E-state index is 9.16. The number of hydrogen-bond donors (Lipinski definition) is 1. The number of ether oxygens (including phenoxy) is 2. The van der Waals surface area contributed by atoms with Gasteiger partial charge in [0.2, 0.25) is 0 Å². The average Bonchev–Trinajstić information content (AvgIpc) is 2.83. The summed E-state index contributed by atoms with van der Waals surface area (Å²) in [7, 11) is 0. The van der Waals surface area contributed by atoms with Crippen LogP contribution in [0.2, 0.25) is 0 Å². The van der Waals surface area contributed by atoms with Gasteiger partial charge in [0.15, 0.2) is 0 Å². The van der Waals surface area contributed by atoms with Crippen molar-refractivity contribution in [1.82, 2.24) is 0 Å². The molecule has 0 heterocycles. The van der Waals surface area contributed by atoms with Crippen LogP contribution >= 0.6 is 0 Å². The summed E-state index contributed by atoms with van der Waals surface area (Å²) in [5.74, 6) is 1.92. The number of benzene rings is 1. The van der Waals surface area contributed by atoms with E-state index in [2.05, 4.69) is 6.07 Å². The fourth-order valence-corrected chi connectivity index (χ4v) is 2.77. The SMILES string of the molecule is CCOc1ccc(OCCC2CCCC2(N)C#N)cc1. The molecule has 0 spiro atoms. The highest BCUT2D eigenvalue weighted by molar-refractivity contribution is 5.31. The van der Waals surface area contributed by atoms with Gasteiger partial charge in [0.1, 0.15) is 17.0 Å². The second kappa shape index (κ2) is 6.62. The van der Waals surface area contributed by atoms with Crippen molar-refractivity contribution >= 4 is 0 Å². The van der Waals surface area contributed by atoms with Crippen molar-refractivity contribution in [1.29, 1.82) is 5.26 Å². The third-order valence-electron chi connectivity index (χ3n) is 3.95. The zero-order valence-electron chi connectivity index (χ0n) is 12.0. The van der Waals surface area contributed by atoms with Crippen molar-refractivity contribution in [3.63, 3.8) is 0 Å². The molecule has 20 heavy (non-hydrogen) atoms. The molecule has 2 rings (SSSR count). The molecule has 1 saturated carbocycles. The van der Waals surface area contributed by atoms with E-state index in [1.165, 1.54) is 0 Å². The van der Waals surface area contributed by atoms with Gasteiger partial charge in [-0.15, -0.1) is 0 Å². The first-order chi connectivity index (χ1) is 9.68. The van der Waals surface area contributed by atoms with Crippen LogP contribution in [0.1, 0.15) is 32.6 Å². The first kappa shape index (κ1) is 14.7. The molecule has 1 aliphatic rings. The van der Waals surface area contributed by atoms with E-state index >= 15 is 0 Å². The molecule has 4 heteroatoms. The minimum absolute atomic E-state index is 0.246. The quantitative estimate of drug-likeness (QED) is 0.866. The predicted octanol–water partition coefficient (Wildman–Crippen LogP) is 2.88. The van der Waals surface area contributed by atoms with E-state index in [0.717, 1.165) is 37.2 Å². The summed E-state index contributed by atoms with van der Waals surface area (Å²) in [6.45, 7) is 3.22. The molecule has 1 aromatic rings. The molecule has 108 valence electrons. The molecular formula is C16H22N2O2. The number of rotatable bonds is 6. The van der Waals surface area contributed by atoms with Crippen molar-refractivity contribution in [2.75, 3.05) is 13.2 Å². The maximum Gasteiger partial charge on any atom is 0.119 e. The van der Waals surface area contributed by atoms with Crippen molar-refractivity contribution in [3.8, 4) is 17.6 Å². The predicted molar refractivity (Wildman–Crippen MR) is 77.6 cm³/mol. The Morgan fingerprint density at radius 3 is 2.55 bits per heavy atom. The highest BCUT2D eigenvalue weighted by Crippen LogP contribution is 2.35. The average molecular weight is 274 g/mol. The maximum atomic E-state index is 9.16. The van der Waals surface area contributed by atoms with Gasteiger partial charge in [-0.1, -0.05) is 6.42 Å². The van der Waals surface area contributed by atoms with Gasteiger partial charge in [-0.05, 0) is 56.4 Å². The lowest BCUT2D eigenvalue weighted by Gasteiger charge is -2.23. The standard InChI is InChI=1S/C16H22N2O2/c1-2-19-14-5-7-15(8-6-14)20-11-9-13-4-3-10-16(13,18)12-17/h5-8,13H,2-4,9-11,18H2,1H3. The Kier molecular flexibility index (Phi) is 4.86. The van der Waals surface area contributed by atoms with Gasteiger partial charge in [-0.3, -0.25) is 0 Å². The summed E-state index contributed by atoms with van der Waals surface area (Å²) >= 11 is 0. The van der Waals surface area contributed by atoms with Gasteiger partial charge in [0, 0.05) is 0 Å². The number of nitriles is 1. The van der Waals surface area contributed by atoms with E-state index in [0.29, 0.717) is 13.2 Å². The molecule has 1 fully saturated rings. The van der Waals surface area contributed by atoms with Crippen molar-refractivity contribution in [2.45, 2.75) is 38.1 Å². The molecule has 2 atom stereocenters. The van der Waals surface area contributed by atoms with Crippen LogP contribution in [-0.2, 0) is 0 Å². The second-order valence-electron chi connectivity index (χ2n) is 5.28. The first-order valence-corrected chi connectivity index (χ1v) is 7.24. The lowest BCUT2D eigenvalue weighted by Crippen LogP contribution is -2.42. The molecule has 4 nitrogen and oxygen atoms in total. The van der Waals surface area contributed by atoms with Crippen LogP contribution in [-0.4, -0.2) is 18.8 Å². The molecule has 0 radical (unpaired) electrons. The zero-order valence-corrected chi connectivity index (χ0v) is 12.0. The molecule has 0 bridgehead atoms. The highest BCUT2D eigenvalue weighted by atomic mass is 16.5. The normalized spacial score (nSPS) is 25.1.